The van der Waals surface area contributed by atoms with Crippen molar-refractivity contribution in [2.45, 2.75) is 37.1 Å². The molecule has 0 radical (unpaired) electrons. The van der Waals surface area contributed by atoms with Gasteiger partial charge in [0.05, 0.1) is 0 Å². The number of thioether (sulfide) groups is 1. The first-order valence-corrected chi connectivity index (χ1v) is 7.19. The Bertz CT molecular complexity index is 384. The Labute approximate surface area is 105 Å². The molecule has 17 heavy (non-hydrogen) atoms. The lowest BCUT2D eigenvalue weighted by Gasteiger charge is -2.19. The van der Waals surface area contributed by atoms with E-state index in [9.17, 15) is 8.78 Å². The van der Waals surface area contributed by atoms with Crippen LogP contribution in [-0.4, -0.2) is 17.5 Å². The van der Waals surface area contributed by atoms with Crippen LogP contribution >= 0.6 is 11.8 Å². The maximum atomic E-state index is 13.0. The van der Waals surface area contributed by atoms with Gasteiger partial charge in [-0.15, -0.1) is 0 Å². The van der Waals surface area contributed by atoms with Gasteiger partial charge < -0.3 is 5.32 Å². The molecule has 94 valence electrons. The second-order valence-corrected chi connectivity index (χ2v) is 5.52. The Kier molecular flexibility index (Phi) is 4.40. The highest BCUT2D eigenvalue weighted by Gasteiger charge is 2.25. The zero-order valence-electron chi connectivity index (χ0n) is 9.88. The van der Waals surface area contributed by atoms with Crippen LogP contribution in [0.4, 0.5) is 8.78 Å². The van der Waals surface area contributed by atoms with Crippen LogP contribution in [0, 0.1) is 11.6 Å². The van der Waals surface area contributed by atoms with Crippen LogP contribution in [0.2, 0.25) is 0 Å². The minimum Gasteiger partial charge on any atom is -0.309 e. The van der Waals surface area contributed by atoms with Crippen molar-refractivity contribution < 1.29 is 8.78 Å². The highest BCUT2D eigenvalue weighted by molar-refractivity contribution is 7.99. The Balaban J connectivity index is 1.91. The van der Waals surface area contributed by atoms with Gasteiger partial charge in [0, 0.05) is 17.8 Å². The van der Waals surface area contributed by atoms with Crippen LogP contribution in [-0.2, 0) is 6.54 Å². The fraction of sp³-hybridized carbons (Fsp3) is 0.538. The molecule has 2 unspecified atom stereocenters. The predicted octanol–water partition coefficient (Wildman–Crippen LogP) is 3.34. The molecule has 1 aliphatic carbocycles. The molecule has 1 fully saturated rings. The van der Waals surface area contributed by atoms with Crippen molar-refractivity contribution in [3.8, 4) is 0 Å². The molecule has 0 bridgehead atoms. The van der Waals surface area contributed by atoms with Gasteiger partial charge in [0.25, 0.3) is 0 Å². The summed E-state index contributed by atoms with van der Waals surface area (Å²) in [5.41, 5.74) is 0.802. The van der Waals surface area contributed by atoms with Gasteiger partial charge in [-0.2, -0.15) is 11.8 Å². The summed E-state index contributed by atoms with van der Waals surface area (Å²) in [6, 6.07) is 4.59. The molecule has 0 heterocycles. The van der Waals surface area contributed by atoms with E-state index >= 15 is 0 Å². The zero-order chi connectivity index (χ0) is 12.3. The third-order valence-corrected chi connectivity index (χ3v) is 4.48. The molecule has 1 aliphatic rings. The summed E-state index contributed by atoms with van der Waals surface area (Å²) >= 11 is 1.88. The average Bonchev–Trinajstić information content (AvgIpc) is 2.78. The first kappa shape index (κ1) is 12.8. The summed E-state index contributed by atoms with van der Waals surface area (Å²) in [6.07, 6.45) is 5.80. The van der Waals surface area contributed by atoms with Crippen LogP contribution in [0.3, 0.4) is 0 Å². The third-order valence-electron chi connectivity index (χ3n) is 3.31. The summed E-state index contributed by atoms with van der Waals surface area (Å²) in [5, 5.41) is 4.09. The normalized spacial score (nSPS) is 24.2. The van der Waals surface area contributed by atoms with E-state index in [0.29, 0.717) is 17.8 Å². The largest absolute Gasteiger partial charge is 0.309 e. The number of halogens is 2. The summed E-state index contributed by atoms with van der Waals surface area (Å²) in [6.45, 7) is 0.610. The molecule has 0 amide bonds. The number of rotatable bonds is 4. The first-order chi connectivity index (χ1) is 8.20. The number of nitrogens with one attached hydrogen (secondary N) is 1. The Morgan fingerprint density at radius 1 is 1.29 bits per heavy atom. The van der Waals surface area contributed by atoms with E-state index in [1.165, 1.54) is 31.4 Å². The fourth-order valence-corrected chi connectivity index (χ4v) is 3.30. The second-order valence-electron chi connectivity index (χ2n) is 4.44. The SMILES string of the molecule is CSC1CCCC1NCc1ccc(F)c(F)c1. The van der Waals surface area contributed by atoms with E-state index in [0.717, 1.165) is 5.56 Å². The lowest BCUT2D eigenvalue weighted by atomic mass is 10.2. The summed E-state index contributed by atoms with van der Waals surface area (Å²) < 4.78 is 25.8. The van der Waals surface area contributed by atoms with Crippen molar-refractivity contribution >= 4 is 11.8 Å². The summed E-state index contributed by atoms with van der Waals surface area (Å²) in [5.74, 6) is -1.55. The molecule has 1 nitrogen and oxygen atoms in total. The van der Waals surface area contributed by atoms with Crippen LogP contribution in [0.15, 0.2) is 18.2 Å². The standard InChI is InChI=1S/C13H17F2NS/c1-17-13-4-2-3-12(13)16-8-9-5-6-10(14)11(15)7-9/h5-7,12-13,16H,2-4,8H2,1H3. The van der Waals surface area contributed by atoms with Gasteiger partial charge in [-0.05, 0) is 36.8 Å². The van der Waals surface area contributed by atoms with Crippen LogP contribution in [0.5, 0.6) is 0 Å². The highest BCUT2D eigenvalue weighted by atomic mass is 32.2. The van der Waals surface area contributed by atoms with Gasteiger partial charge in [-0.3, -0.25) is 0 Å². The van der Waals surface area contributed by atoms with E-state index in [1.807, 2.05) is 11.8 Å². The highest BCUT2D eigenvalue weighted by Crippen LogP contribution is 2.28. The van der Waals surface area contributed by atoms with E-state index in [4.69, 9.17) is 0 Å². The molecule has 0 saturated heterocycles. The Hall–Kier alpha value is -0.610. The van der Waals surface area contributed by atoms with Crippen molar-refractivity contribution in [2.75, 3.05) is 6.26 Å². The molecule has 0 aliphatic heterocycles. The minimum atomic E-state index is -0.781. The molecule has 0 spiro atoms. The van der Waals surface area contributed by atoms with Gasteiger partial charge in [-0.1, -0.05) is 12.5 Å². The van der Waals surface area contributed by atoms with E-state index in [2.05, 4.69) is 11.6 Å². The van der Waals surface area contributed by atoms with E-state index in [-0.39, 0.29) is 0 Å². The maximum Gasteiger partial charge on any atom is 0.159 e. The van der Waals surface area contributed by atoms with Crippen LogP contribution < -0.4 is 5.32 Å². The van der Waals surface area contributed by atoms with Crippen LogP contribution in [0.25, 0.3) is 0 Å². The summed E-state index contributed by atoms with van der Waals surface area (Å²) in [4.78, 5) is 0. The lowest BCUT2D eigenvalue weighted by molar-refractivity contribution is 0.500. The van der Waals surface area contributed by atoms with Crippen molar-refractivity contribution in [2.24, 2.45) is 0 Å². The first-order valence-electron chi connectivity index (χ1n) is 5.91. The van der Waals surface area contributed by atoms with E-state index in [1.54, 1.807) is 6.07 Å². The van der Waals surface area contributed by atoms with Gasteiger partial charge in [0.2, 0.25) is 0 Å². The fourth-order valence-electron chi connectivity index (χ4n) is 2.34. The number of hydrogen-bond acceptors (Lipinski definition) is 2. The van der Waals surface area contributed by atoms with Crippen molar-refractivity contribution in [1.82, 2.24) is 5.32 Å². The molecule has 1 aromatic rings. The molecular weight excluding hydrogens is 240 g/mol. The van der Waals surface area contributed by atoms with Crippen molar-refractivity contribution in [3.05, 3.63) is 35.4 Å². The van der Waals surface area contributed by atoms with Crippen molar-refractivity contribution in [1.29, 1.82) is 0 Å². The van der Waals surface area contributed by atoms with Gasteiger partial charge >= 0.3 is 0 Å². The van der Waals surface area contributed by atoms with Crippen LogP contribution in [0.1, 0.15) is 24.8 Å². The average molecular weight is 257 g/mol. The number of benzene rings is 1. The Morgan fingerprint density at radius 3 is 2.82 bits per heavy atom. The van der Waals surface area contributed by atoms with Gasteiger partial charge in [-0.25, -0.2) is 8.78 Å². The zero-order valence-corrected chi connectivity index (χ0v) is 10.7. The molecule has 2 rings (SSSR count). The topological polar surface area (TPSA) is 12.0 Å². The van der Waals surface area contributed by atoms with E-state index < -0.39 is 11.6 Å². The van der Waals surface area contributed by atoms with Crippen molar-refractivity contribution in [3.63, 3.8) is 0 Å². The second kappa shape index (κ2) is 5.83. The molecule has 4 heteroatoms. The minimum absolute atomic E-state index is 0.498. The predicted molar refractivity (Wildman–Crippen MR) is 68.1 cm³/mol. The smallest absolute Gasteiger partial charge is 0.159 e. The maximum absolute atomic E-state index is 13.0. The molecule has 2 atom stereocenters. The molecule has 1 saturated carbocycles. The monoisotopic (exact) mass is 257 g/mol. The molecule has 0 aromatic heterocycles. The molecule has 1 N–H and O–H groups in total. The molecule has 1 aromatic carbocycles. The Morgan fingerprint density at radius 2 is 2.12 bits per heavy atom. The number of hydrogen-bond donors (Lipinski definition) is 1. The van der Waals surface area contributed by atoms with Gasteiger partial charge in [0.15, 0.2) is 11.6 Å². The quantitative estimate of drug-likeness (QED) is 0.888. The summed E-state index contributed by atoms with van der Waals surface area (Å²) in [7, 11) is 0. The molecular formula is C13H17F2NS. The van der Waals surface area contributed by atoms with Gasteiger partial charge in [0.1, 0.15) is 0 Å². The lowest BCUT2D eigenvalue weighted by Crippen LogP contribution is -2.33. The third kappa shape index (κ3) is 3.19.